The number of hydrogen-bond acceptors (Lipinski definition) is 3. The number of ether oxygens (including phenoxy) is 1. The van der Waals surface area contributed by atoms with E-state index in [-0.39, 0.29) is 5.97 Å². The van der Waals surface area contributed by atoms with Crippen molar-refractivity contribution < 1.29 is 9.53 Å². The van der Waals surface area contributed by atoms with Crippen LogP contribution in [0.5, 0.6) is 0 Å². The first-order valence-corrected chi connectivity index (χ1v) is 7.52. The number of anilines is 1. The Morgan fingerprint density at radius 2 is 2.26 bits per heavy atom. The van der Waals surface area contributed by atoms with E-state index in [2.05, 4.69) is 21.2 Å². The van der Waals surface area contributed by atoms with Crippen LogP contribution in [0.3, 0.4) is 0 Å². The third-order valence-corrected chi connectivity index (χ3v) is 4.88. The van der Waals surface area contributed by atoms with Crippen LogP contribution in [0.2, 0.25) is 5.02 Å². The fourth-order valence-electron chi connectivity index (χ4n) is 2.43. The van der Waals surface area contributed by atoms with E-state index in [9.17, 15) is 4.79 Å². The average molecular weight is 347 g/mol. The van der Waals surface area contributed by atoms with Gasteiger partial charge in [0, 0.05) is 10.2 Å². The Morgan fingerprint density at radius 3 is 2.74 bits per heavy atom. The minimum atomic E-state index is -0.623. The maximum atomic E-state index is 12.2. The van der Waals surface area contributed by atoms with Crippen LogP contribution >= 0.6 is 27.5 Å². The van der Waals surface area contributed by atoms with E-state index in [1.54, 1.807) is 6.07 Å². The third-order valence-electron chi connectivity index (χ3n) is 3.67. The summed E-state index contributed by atoms with van der Waals surface area (Å²) in [6, 6.07) is 5.57. The molecule has 1 aliphatic rings. The van der Waals surface area contributed by atoms with Crippen LogP contribution in [0.15, 0.2) is 22.7 Å². The van der Waals surface area contributed by atoms with Crippen LogP contribution in [-0.4, -0.2) is 18.6 Å². The quantitative estimate of drug-likeness (QED) is 0.810. The molecule has 5 heteroatoms. The highest BCUT2D eigenvalue weighted by Gasteiger charge is 2.50. The summed E-state index contributed by atoms with van der Waals surface area (Å²) >= 11 is 9.38. The molecule has 1 aromatic carbocycles. The van der Waals surface area contributed by atoms with Crippen LogP contribution in [0.25, 0.3) is 0 Å². The molecule has 0 bridgehead atoms. The molecule has 3 nitrogen and oxygen atoms in total. The van der Waals surface area contributed by atoms with Gasteiger partial charge in [-0.25, -0.2) is 4.79 Å². The molecule has 0 radical (unpaired) electrons. The van der Waals surface area contributed by atoms with Crippen molar-refractivity contribution in [2.75, 3.05) is 12.4 Å². The molecule has 0 aliphatic heterocycles. The maximum Gasteiger partial charge on any atom is 0.331 e. The van der Waals surface area contributed by atoms with Gasteiger partial charge >= 0.3 is 5.97 Å². The number of hydrogen-bond donors (Lipinski definition) is 1. The summed E-state index contributed by atoms with van der Waals surface area (Å²) in [4.78, 5) is 12.2. The molecule has 1 saturated carbocycles. The molecule has 1 atom stereocenters. The molecule has 0 spiro atoms. The number of carbonyl (C=O) groups is 1. The molecule has 1 aliphatic carbocycles. The number of methoxy groups -OCH3 is 1. The Hall–Kier alpha value is -0.740. The van der Waals surface area contributed by atoms with Crippen molar-refractivity contribution >= 4 is 39.2 Å². The molecular weight excluding hydrogens is 330 g/mol. The minimum Gasteiger partial charge on any atom is -0.467 e. The van der Waals surface area contributed by atoms with E-state index in [0.29, 0.717) is 17.4 Å². The highest BCUT2D eigenvalue weighted by molar-refractivity contribution is 9.10. The molecule has 0 heterocycles. The lowest BCUT2D eigenvalue weighted by Crippen LogP contribution is -2.48. The topological polar surface area (TPSA) is 38.3 Å². The molecule has 1 aromatic rings. The van der Waals surface area contributed by atoms with Gasteiger partial charge in [-0.15, -0.1) is 0 Å². The first-order chi connectivity index (χ1) is 9.03. The van der Waals surface area contributed by atoms with Gasteiger partial charge in [-0.05, 0) is 59.3 Å². The van der Waals surface area contributed by atoms with Gasteiger partial charge in [0.15, 0.2) is 0 Å². The molecule has 104 valence electrons. The van der Waals surface area contributed by atoms with E-state index in [0.717, 1.165) is 23.0 Å². The van der Waals surface area contributed by atoms with E-state index in [1.807, 2.05) is 19.1 Å². The van der Waals surface area contributed by atoms with E-state index < -0.39 is 5.54 Å². The molecular formula is C14H17BrClNO2. The second-order valence-electron chi connectivity index (χ2n) is 4.84. The summed E-state index contributed by atoms with van der Waals surface area (Å²) < 4.78 is 5.80. The number of halogens is 2. The first kappa shape index (κ1) is 14.7. The molecule has 1 N–H and O–H groups in total. The second-order valence-corrected chi connectivity index (χ2v) is 6.11. The molecule has 0 saturated heterocycles. The summed E-state index contributed by atoms with van der Waals surface area (Å²) in [5, 5.41) is 4.01. The Kier molecular flexibility index (Phi) is 4.41. The number of nitrogens with one attached hydrogen (secondary N) is 1. The molecule has 0 aromatic heterocycles. The van der Waals surface area contributed by atoms with Gasteiger partial charge in [0.25, 0.3) is 0 Å². The standard InChI is InChI=1S/C14H17BrClNO2/c1-3-14(9-4-5-9,13(18)19-2)17-10-6-7-12(16)11(15)8-10/h6-9,17H,3-5H2,1-2H3. The fourth-order valence-corrected chi connectivity index (χ4v) is 2.93. The van der Waals surface area contributed by atoms with Crippen molar-refractivity contribution in [3.8, 4) is 0 Å². The first-order valence-electron chi connectivity index (χ1n) is 6.35. The van der Waals surface area contributed by atoms with E-state index >= 15 is 0 Å². The number of benzene rings is 1. The molecule has 1 fully saturated rings. The Labute approximate surface area is 126 Å². The van der Waals surface area contributed by atoms with Crippen molar-refractivity contribution in [2.45, 2.75) is 31.7 Å². The number of carbonyl (C=O) groups excluding carboxylic acids is 1. The molecule has 0 amide bonds. The average Bonchev–Trinajstić information content (AvgIpc) is 3.24. The van der Waals surface area contributed by atoms with Crippen molar-refractivity contribution in [1.29, 1.82) is 0 Å². The zero-order valence-corrected chi connectivity index (χ0v) is 13.3. The summed E-state index contributed by atoms with van der Waals surface area (Å²) in [6.45, 7) is 2.01. The van der Waals surface area contributed by atoms with Crippen LogP contribution < -0.4 is 5.32 Å². The monoisotopic (exact) mass is 345 g/mol. The molecule has 2 rings (SSSR count). The van der Waals surface area contributed by atoms with Gasteiger partial charge < -0.3 is 10.1 Å². The zero-order chi connectivity index (χ0) is 14.0. The summed E-state index contributed by atoms with van der Waals surface area (Å²) in [5.41, 5.74) is 0.248. The molecule has 1 unspecified atom stereocenters. The lowest BCUT2D eigenvalue weighted by Gasteiger charge is -2.32. The number of rotatable bonds is 5. The highest BCUT2D eigenvalue weighted by atomic mass is 79.9. The van der Waals surface area contributed by atoms with Crippen LogP contribution in [-0.2, 0) is 9.53 Å². The van der Waals surface area contributed by atoms with Gasteiger partial charge in [0.05, 0.1) is 12.1 Å². The normalized spacial score (nSPS) is 17.7. The van der Waals surface area contributed by atoms with Crippen LogP contribution in [0.1, 0.15) is 26.2 Å². The molecule has 19 heavy (non-hydrogen) atoms. The summed E-state index contributed by atoms with van der Waals surface area (Å²) in [6.07, 6.45) is 2.82. The predicted molar refractivity (Wildman–Crippen MR) is 80.5 cm³/mol. The van der Waals surface area contributed by atoms with Gasteiger partial charge in [0.1, 0.15) is 5.54 Å². The Morgan fingerprint density at radius 1 is 1.58 bits per heavy atom. The SMILES string of the molecule is CCC(Nc1ccc(Cl)c(Br)c1)(C(=O)OC)C1CC1. The van der Waals surface area contributed by atoms with Crippen molar-refractivity contribution in [2.24, 2.45) is 5.92 Å². The van der Waals surface area contributed by atoms with Gasteiger partial charge in [-0.1, -0.05) is 18.5 Å². The highest BCUT2D eigenvalue weighted by Crippen LogP contribution is 2.44. The summed E-state index contributed by atoms with van der Waals surface area (Å²) in [7, 11) is 1.44. The Bertz CT molecular complexity index is 490. The van der Waals surface area contributed by atoms with Gasteiger partial charge in [-0.3, -0.25) is 0 Å². The lowest BCUT2D eigenvalue weighted by atomic mass is 9.89. The Balaban J connectivity index is 2.29. The van der Waals surface area contributed by atoms with Crippen molar-refractivity contribution in [3.05, 3.63) is 27.7 Å². The van der Waals surface area contributed by atoms with Gasteiger partial charge in [-0.2, -0.15) is 0 Å². The van der Waals surface area contributed by atoms with Crippen LogP contribution in [0.4, 0.5) is 5.69 Å². The lowest BCUT2D eigenvalue weighted by molar-refractivity contribution is -0.147. The third kappa shape index (κ3) is 2.90. The summed E-state index contributed by atoms with van der Waals surface area (Å²) in [5.74, 6) is 0.156. The second kappa shape index (κ2) is 5.71. The van der Waals surface area contributed by atoms with Crippen LogP contribution in [0, 0.1) is 5.92 Å². The fraction of sp³-hybridized carbons (Fsp3) is 0.500. The maximum absolute atomic E-state index is 12.2. The predicted octanol–water partition coefficient (Wildman–Crippen LogP) is 4.25. The van der Waals surface area contributed by atoms with Crippen molar-refractivity contribution in [1.82, 2.24) is 0 Å². The smallest absolute Gasteiger partial charge is 0.331 e. The van der Waals surface area contributed by atoms with Crippen molar-refractivity contribution in [3.63, 3.8) is 0 Å². The largest absolute Gasteiger partial charge is 0.467 e. The number of esters is 1. The van der Waals surface area contributed by atoms with E-state index in [1.165, 1.54) is 7.11 Å². The minimum absolute atomic E-state index is 0.191. The van der Waals surface area contributed by atoms with Gasteiger partial charge in [0.2, 0.25) is 0 Å². The van der Waals surface area contributed by atoms with E-state index in [4.69, 9.17) is 16.3 Å². The zero-order valence-electron chi connectivity index (χ0n) is 11.0.